The molecule has 1 heterocycles. The van der Waals surface area contributed by atoms with Gasteiger partial charge in [-0.2, -0.15) is 0 Å². The zero-order chi connectivity index (χ0) is 11.9. The van der Waals surface area contributed by atoms with Crippen LogP contribution in [0.25, 0.3) is 0 Å². The van der Waals surface area contributed by atoms with Crippen LogP contribution < -0.4 is 0 Å². The minimum absolute atomic E-state index is 0.373. The van der Waals surface area contributed by atoms with Crippen LogP contribution in [-0.2, 0) is 14.9 Å². The van der Waals surface area contributed by atoms with Gasteiger partial charge in [0.1, 0.15) is 0 Å². The van der Waals surface area contributed by atoms with Crippen LogP contribution in [0.3, 0.4) is 0 Å². The van der Waals surface area contributed by atoms with Crippen LogP contribution in [0.15, 0.2) is 6.07 Å². The summed E-state index contributed by atoms with van der Waals surface area (Å²) in [6.07, 6.45) is 0.700. The zero-order valence-corrected chi connectivity index (χ0v) is 10.6. The molecule has 1 atom stereocenters. The van der Waals surface area contributed by atoms with E-state index in [1.165, 1.54) is 16.9 Å². The third-order valence-electron chi connectivity index (χ3n) is 3.31. The lowest BCUT2D eigenvalue weighted by Gasteiger charge is -2.20. The van der Waals surface area contributed by atoms with Gasteiger partial charge in [0, 0.05) is 15.2 Å². The van der Waals surface area contributed by atoms with Gasteiger partial charge >= 0.3 is 5.97 Å². The summed E-state index contributed by atoms with van der Waals surface area (Å²) in [4.78, 5) is 13.8. The fraction of sp³-hybridized carbons (Fsp3) is 0.583. The van der Waals surface area contributed by atoms with Gasteiger partial charge in [-0.25, -0.2) is 4.79 Å². The van der Waals surface area contributed by atoms with E-state index in [9.17, 15) is 9.90 Å². The van der Waals surface area contributed by atoms with E-state index < -0.39 is 12.1 Å². The summed E-state index contributed by atoms with van der Waals surface area (Å²) >= 11 is 1.71. The van der Waals surface area contributed by atoms with E-state index in [0.717, 1.165) is 18.4 Å². The average molecular weight is 240 g/mol. The van der Waals surface area contributed by atoms with Crippen molar-refractivity contribution in [3.05, 3.63) is 21.4 Å². The number of rotatable bonds is 3. The van der Waals surface area contributed by atoms with Crippen LogP contribution in [0.5, 0.6) is 0 Å². The first-order valence-electron chi connectivity index (χ1n) is 5.34. The molecule has 0 amide bonds. The Bertz CT molecular complexity index is 418. The van der Waals surface area contributed by atoms with Crippen molar-refractivity contribution in [1.29, 1.82) is 0 Å². The molecule has 2 rings (SSSR count). The second-order valence-electron chi connectivity index (χ2n) is 4.41. The van der Waals surface area contributed by atoms with Crippen molar-refractivity contribution in [2.45, 2.75) is 38.2 Å². The molecule has 0 saturated heterocycles. The van der Waals surface area contributed by atoms with Crippen LogP contribution in [0.2, 0.25) is 0 Å². The summed E-state index contributed by atoms with van der Waals surface area (Å²) < 4.78 is 4.62. The second-order valence-corrected chi connectivity index (χ2v) is 5.87. The van der Waals surface area contributed by atoms with Gasteiger partial charge in [-0.05, 0) is 38.3 Å². The zero-order valence-electron chi connectivity index (χ0n) is 9.74. The summed E-state index contributed by atoms with van der Waals surface area (Å²) in [6.45, 7) is 4.08. The summed E-state index contributed by atoms with van der Waals surface area (Å²) in [5.74, 6) is -0.527. The number of methoxy groups -OCH3 is 1. The molecule has 1 aromatic heterocycles. The number of esters is 1. The molecule has 0 radical (unpaired) electrons. The minimum atomic E-state index is -1.02. The number of carbonyl (C=O) groups excluding carboxylic acids is 1. The predicted molar refractivity (Wildman–Crippen MR) is 62.7 cm³/mol. The fourth-order valence-corrected chi connectivity index (χ4v) is 3.32. The lowest BCUT2D eigenvalue weighted by atomic mass is 9.90. The number of aliphatic hydroxyl groups excluding tert-OH is 1. The maximum Gasteiger partial charge on any atom is 0.335 e. The highest BCUT2D eigenvalue weighted by atomic mass is 32.1. The Hall–Kier alpha value is -0.870. The molecule has 1 aromatic rings. The van der Waals surface area contributed by atoms with Crippen molar-refractivity contribution >= 4 is 17.3 Å². The Balaban J connectivity index is 2.33. The molecule has 3 nitrogen and oxygen atoms in total. The third-order valence-corrected chi connectivity index (χ3v) is 4.28. The molecular formula is C12H16O3S. The van der Waals surface area contributed by atoms with E-state index in [4.69, 9.17) is 0 Å². The standard InChI is InChI=1S/C12H16O3S/c1-7-6-9(8(2)16-7)12(4-5-12)10(13)11(14)15-3/h6,10,13H,4-5H2,1-3H3. The lowest BCUT2D eigenvalue weighted by Crippen LogP contribution is -2.35. The molecule has 16 heavy (non-hydrogen) atoms. The molecule has 0 bridgehead atoms. The lowest BCUT2D eigenvalue weighted by molar-refractivity contribution is -0.152. The first kappa shape index (κ1) is 11.6. The van der Waals surface area contributed by atoms with Crippen molar-refractivity contribution in [1.82, 2.24) is 0 Å². The van der Waals surface area contributed by atoms with Gasteiger partial charge in [-0.3, -0.25) is 0 Å². The highest BCUT2D eigenvalue weighted by Crippen LogP contribution is 2.53. The molecule has 1 fully saturated rings. The molecule has 1 N–H and O–H groups in total. The Morgan fingerprint density at radius 2 is 2.19 bits per heavy atom. The van der Waals surface area contributed by atoms with Crippen molar-refractivity contribution < 1.29 is 14.6 Å². The molecule has 0 spiro atoms. The Labute approximate surface area is 99.1 Å². The number of ether oxygens (including phenoxy) is 1. The van der Waals surface area contributed by atoms with Crippen molar-refractivity contribution in [3.8, 4) is 0 Å². The van der Waals surface area contributed by atoms with Gasteiger partial charge in [-0.15, -0.1) is 11.3 Å². The topological polar surface area (TPSA) is 46.5 Å². The average Bonchev–Trinajstić information content (AvgIpc) is 2.98. The van der Waals surface area contributed by atoms with Crippen molar-refractivity contribution in [3.63, 3.8) is 0 Å². The normalized spacial score (nSPS) is 19.2. The molecule has 0 aliphatic heterocycles. The number of hydrogen-bond donors (Lipinski definition) is 1. The van der Waals surface area contributed by atoms with Crippen molar-refractivity contribution in [2.75, 3.05) is 7.11 Å². The first-order valence-corrected chi connectivity index (χ1v) is 6.16. The van der Waals surface area contributed by atoms with E-state index in [-0.39, 0.29) is 5.41 Å². The largest absolute Gasteiger partial charge is 0.467 e. The molecule has 1 saturated carbocycles. The van der Waals surface area contributed by atoms with E-state index in [2.05, 4.69) is 10.8 Å². The Morgan fingerprint density at radius 1 is 1.56 bits per heavy atom. The summed E-state index contributed by atoms with van der Waals surface area (Å²) in [5, 5.41) is 10.0. The SMILES string of the molecule is COC(=O)C(O)C1(c2cc(C)sc2C)CC1. The number of hydrogen-bond acceptors (Lipinski definition) is 4. The third kappa shape index (κ3) is 1.66. The first-order chi connectivity index (χ1) is 7.51. The monoisotopic (exact) mass is 240 g/mol. The van der Waals surface area contributed by atoms with Crippen LogP contribution in [-0.4, -0.2) is 24.3 Å². The van der Waals surface area contributed by atoms with E-state index in [1.54, 1.807) is 11.3 Å². The number of thiophene rings is 1. The van der Waals surface area contributed by atoms with Crippen LogP contribution in [0, 0.1) is 13.8 Å². The molecule has 1 aliphatic carbocycles. The van der Waals surface area contributed by atoms with E-state index in [1.807, 2.05) is 13.8 Å². The number of carbonyl (C=O) groups is 1. The van der Waals surface area contributed by atoms with Gasteiger partial charge in [0.15, 0.2) is 6.10 Å². The second kappa shape index (κ2) is 3.86. The number of aryl methyl sites for hydroxylation is 2. The van der Waals surface area contributed by atoms with Gasteiger partial charge in [0.25, 0.3) is 0 Å². The fourth-order valence-electron chi connectivity index (χ4n) is 2.29. The predicted octanol–water partition coefficient (Wildman–Crippen LogP) is 1.93. The van der Waals surface area contributed by atoms with E-state index in [0.29, 0.717) is 0 Å². The van der Waals surface area contributed by atoms with Gasteiger partial charge in [-0.1, -0.05) is 0 Å². The van der Waals surface area contributed by atoms with Crippen LogP contribution >= 0.6 is 11.3 Å². The maximum absolute atomic E-state index is 11.4. The number of aliphatic hydroxyl groups is 1. The van der Waals surface area contributed by atoms with Crippen LogP contribution in [0.1, 0.15) is 28.2 Å². The summed E-state index contributed by atoms with van der Waals surface area (Å²) in [5.41, 5.74) is 0.745. The van der Waals surface area contributed by atoms with Crippen LogP contribution in [0.4, 0.5) is 0 Å². The molecule has 0 aromatic carbocycles. The highest BCUT2D eigenvalue weighted by Gasteiger charge is 2.54. The molecule has 1 aliphatic rings. The van der Waals surface area contributed by atoms with Gasteiger partial charge < -0.3 is 9.84 Å². The van der Waals surface area contributed by atoms with Crippen molar-refractivity contribution in [2.24, 2.45) is 0 Å². The molecule has 1 unspecified atom stereocenters. The smallest absolute Gasteiger partial charge is 0.335 e. The molecule has 4 heteroatoms. The van der Waals surface area contributed by atoms with Gasteiger partial charge in [0.2, 0.25) is 0 Å². The summed E-state index contributed by atoms with van der Waals surface area (Å²) in [7, 11) is 1.31. The van der Waals surface area contributed by atoms with Gasteiger partial charge in [0.05, 0.1) is 7.11 Å². The minimum Gasteiger partial charge on any atom is -0.467 e. The summed E-state index contributed by atoms with van der Waals surface area (Å²) in [6, 6.07) is 2.08. The quantitative estimate of drug-likeness (QED) is 0.821. The maximum atomic E-state index is 11.4. The highest BCUT2D eigenvalue weighted by molar-refractivity contribution is 7.12. The Kier molecular flexibility index (Phi) is 2.80. The Morgan fingerprint density at radius 3 is 2.56 bits per heavy atom. The molecular weight excluding hydrogens is 224 g/mol. The van der Waals surface area contributed by atoms with E-state index >= 15 is 0 Å². The molecule has 88 valence electrons.